The van der Waals surface area contributed by atoms with Crippen molar-refractivity contribution in [2.24, 2.45) is 11.8 Å². The molecule has 1 nitrogen and oxygen atoms in total. The van der Waals surface area contributed by atoms with E-state index in [0.29, 0.717) is 5.92 Å². The molecular formula is C28H41N. The van der Waals surface area contributed by atoms with E-state index in [9.17, 15) is 0 Å². The van der Waals surface area contributed by atoms with E-state index in [1.165, 1.54) is 92.9 Å². The minimum atomic E-state index is 0.592. The molecule has 1 aromatic carbocycles. The quantitative estimate of drug-likeness (QED) is 0.369. The highest BCUT2D eigenvalue weighted by molar-refractivity contribution is 5.71. The molecule has 1 aliphatic rings. The Labute approximate surface area is 179 Å². The maximum Gasteiger partial charge on any atom is 0.0308 e. The van der Waals surface area contributed by atoms with Gasteiger partial charge in [-0.15, -0.1) is 0 Å². The third-order valence-electron chi connectivity index (χ3n) is 7.26. The summed E-state index contributed by atoms with van der Waals surface area (Å²) in [6, 6.07) is 11.3. The molecule has 29 heavy (non-hydrogen) atoms. The van der Waals surface area contributed by atoms with Gasteiger partial charge >= 0.3 is 0 Å². The minimum absolute atomic E-state index is 0.592. The number of unbranched alkanes of at least 4 members (excludes halogenated alkanes) is 3. The summed E-state index contributed by atoms with van der Waals surface area (Å²) in [5, 5.41) is 0. The molecule has 1 heterocycles. The predicted octanol–water partition coefficient (Wildman–Crippen LogP) is 8.58. The van der Waals surface area contributed by atoms with Crippen LogP contribution in [0.25, 0.3) is 11.1 Å². The van der Waals surface area contributed by atoms with Crippen molar-refractivity contribution in [3.8, 4) is 11.1 Å². The third kappa shape index (κ3) is 5.93. The van der Waals surface area contributed by atoms with E-state index in [0.717, 1.165) is 11.8 Å². The third-order valence-corrected chi connectivity index (χ3v) is 7.26. The van der Waals surface area contributed by atoms with E-state index in [1.807, 2.05) is 6.20 Å². The van der Waals surface area contributed by atoms with E-state index in [-0.39, 0.29) is 0 Å². The molecule has 2 aromatic rings. The van der Waals surface area contributed by atoms with Gasteiger partial charge in [0.2, 0.25) is 0 Å². The van der Waals surface area contributed by atoms with E-state index in [2.05, 4.69) is 62.3 Å². The van der Waals surface area contributed by atoms with Crippen molar-refractivity contribution in [2.45, 2.75) is 97.3 Å². The number of hydrogen-bond acceptors (Lipinski definition) is 1. The molecular weight excluding hydrogens is 350 g/mol. The smallest absolute Gasteiger partial charge is 0.0308 e. The van der Waals surface area contributed by atoms with Gasteiger partial charge in [-0.1, -0.05) is 90.0 Å². The second kappa shape index (κ2) is 11.5. The fourth-order valence-electron chi connectivity index (χ4n) is 5.30. The average molecular weight is 392 g/mol. The Hall–Kier alpha value is -1.63. The maximum atomic E-state index is 4.54. The first kappa shape index (κ1) is 22.1. The van der Waals surface area contributed by atoms with Crippen molar-refractivity contribution in [2.75, 3.05) is 0 Å². The Balaban J connectivity index is 1.73. The van der Waals surface area contributed by atoms with Gasteiger partial charge in [0.05, 0.1) is 0 Å². The molecule has 0 spiro atoms. The number of nitrogens with zero attached hydrogens (tertiary/aromatic N) is 1. The highest BCUT2D eigenvalue weighted by Gasteiger charge is 2.27. The van der Waals surface area contributed by atoms with Crippen molar-refractivity contribution in [1.29, 1.82) is 0 Å². The van der Waals surface area contributed by atoms with Gasteiger partial charge in [-0.05, 0) is 71.8 Å². The van der Waals surface area contributed by atoms with Crippen molar-refractivity contribution >= 4 is 0 Å². The van der Waals surface area contributed by atoms with Crippen LogP contribution in [0.3, 0.4) is 0 Å². The fourth-order valence-corrected chi connectivity index (χ4v) is 5.30. The predicted molar refractivity (Wildman–Crippen MR) is 126 cm³/mol. The van der Waals surface area contributed by atoms with Crippen LogP contribution in [0.15, 0.2) is 42.7 Å². The van der Waals surface area contributed by atoms with Gasteiger partial charge in [-0.2, -0.15) is 0 Å². The number of hydrogen-bond donors (Lipinski definition) is 0. The first-order chi connectivity index (χ1) is 14.2. The fraction of sp³-hybridized carbons (Fsp3) is 0.607. The Bertz CT molecular complexity index is 727. The van der Waals surface area contributed by atoms with Crippen LogP contribution in [0.1, 0.15) is 102 Å². The van der Waals surface area contributed by atoms with Gasteiger partial charge in [-0.3, -0.25) is 4.98 Å². The summed E-state index contributed by atoms with van der Waals surface area (Å²) in [5.41, 5.74) is 5.81. The second-order valence-corrected chi connectivity index (χ2v) is 9.29. The number of aromatic nitrogens is 1. The highest BCUT2D eigenvalue weighted by Crippen LogP contribution is 2.42. The summed E-state index contributed by atoms with van der Waals surface area (Å²) in [5.74, 6) is 2.38. The summed E-state index contributed by atoms with van der Waals surface area (Å²) < 4.78 is 0. The minimum Gasteiger partial charge on any atom is -0.264 e. The zero-order valence-corrected chi connectivity index (χ0v) is 19.0. The van der Waals surface area contributed by atoms with E-state index >= 15 is 0 Å². The molecule has 1 aliphatic carbocycles. The molecule has 1 fully saturated rings. The lowest BCUT2D eigenvalue weighted by Gasteiger charge is -2.33. The monoisotopic (exact) mass is 391 g/mol. The van der Waals surface area contributed by atoms with Crippen LogP contribution in [0, 0.1) is 11.8 Å². The van der Waals surface area contributed by atoms with Gasteiger partial charge < -0.3 is 0 Å². The Morgan fingerprint density at radius 1 is 0.897 bits per heavy atom. The standard InChI is InChI=1S/C28H41N/c1-4-6-8-11-23-15-17-24(18-16-23)22(3)28-21-29-20-19-27(28)26-14-10-9-13-25(26)12-7-5-2/h9-10,13-14,19-24H,4-8,11-12,15-18H2,1-3H3. The lowest BCUT2D eigenvalue weighted by atomic mass is 9.72. The van der Waals surface area contributed by atoms with Crippen LogP contribution in [0.5, 0.6) is 0 Å². The van der Waals surface area contributed by atoms with Gasteiger partial charge in [-0.25, -0.2) is 0 Å². The van der Waals surface area contributed by atoms with Crippen LogP contribution in [-0.4, -0.2) is 4.98 Å². The molecule has 1 unspecified atom stereocenters. The number of aryl methyl sites for hydroxylation is 1. The molecule has 0 radical (unpaired) electrons. The maximum absolute atomic E-state index is 4.54. The van der Waals surface area contributed by atoms with Gasteiger partial charge in [0, 0.05) is 12.4 Å². The van der Waals surface area contributed by atoms with Crippen molar-refractivity contribution in [1.82, 2.24) is 4.98 Å². The van der Waals surface area contributed by atoms with Gasteiger partial charge in [0.25, 0.3) is 0 Å². The lowest BCUT2D eigenvalue weighted by Crippen LogP contribution is -2.19. The van der Waals surface area contributed by atoms with E-state index in [1.54, 1.807) is 0 Å². The van der Waals surface area contributed by atoms with E-state index in [4.69, 9.17) is 0 Å². The Kier molecular flexibility index (Phi) is 8.77. The van der Waals surface area contributed by atoms with Crippen molar-refractivity contribution in [3.63, 3.8) is 0 Å². The number of rotatable bonds is 10. The van der Waals surface area contributed by atoms with Crippen LogP contribution in [0.2, 0.25) is 0 Å². The molecule has 3 rings (SSSR count). The second-order valence-electron chi connectivity index (χ2n) is 9.29. The summed E-state index contributed by atoms with van der Waals surface area (Å²) in [4.78, 5) is 4.54. The van der Waals surface area contributed by atoms with E-state index < -0.39 is 0 Å². The first-order valence-electron chi connectivity index (χ1n) is 12.3. The first-order valence-corrected chi connectivity index (χ1v) is 12.3. The molecule has 0 aliphatic heterocycles. The van der Waals surface area contributed by atoms with Crippen molar-refractivity contribution < 1.29 is 0 Å². The molecule has 1 aromatic heterocycles. The molecule has 0 bridgehead atoms. The average Bonchev–Trinajstić information content (AvgIpc) is 2.78. The van der Waals surface area contributed by atoms with Crippen LogP contribution in [0.4, 0.5) is 0 Å². The lowest BCUT2D eigenvalue weighted by molar-refractivity contribution is 0.236. The Morgan fingerprint density at radius 2 is 1.66 bits per heavy atom. The summed E-state index contributed by atoms with van der Waals surface area (Å²) >= 11 is 0. The van der Waals surface area contributed by atoms with Crippen LogP contribution in [-0.2, 0) is 6.42 Å². The normalized spacial score (nSPS) is 20.5. The largest absolute Gasteiger partial charge is 0.264 e. The zero-order chi connectivity index (χ0) is 20.5. The number of pyridine rings is 1. The van der Waals surface area contributed by atoms with Crippen LogP contribution < -0.4 is 0 Å². The molecule has 1 saturated carbocycles. The van der Waals surface area contributed by atoms with Gasteiger partial charge in [0.1, 0.15) is 0 Å². The molecule has 158 valence electrons. The SMILES string of the molecule is CCCCCC1CCC(C(C)c2cnccc2-c2ccccc2CCCC)CC1. The summed E-state index contributed by atoms with van der Waals surface area (Å²) in [6.07, 6.45) is 19.1. The summed E-state index contributed by atoms with van der Waals surface area (Å²) in [7, 11) is 0. The van der Waals surface area contributed by atoms with Crippen LogP contribution >= 0.6 is 0 Å². The van der Waals surface area contributed by atoms with Crippen molar-refractivity contribution in [3.05, 3.63) is 53.9 Å². The van der Waals surface area contributed by atoms with Gasteiger partial charge in [0.15, 0.2) is 0 Å². The zero-order valence-electron chi connectivity index (χ0n) is 19.0. The molecule has 0 amide bonds. The Morgan fingerprint density at radius 3 is 2.41 bits per heavy atom. The summed E-state index contributed by atoms with van der Waals surface area (Å²) in [6.45, 7) is 7.04. The molecule has 0 saturated heterocycles. The topological polar surface area (TPSA) is 12.9 Å². The molecule has 1 atom stereocenters. The highest BCUT2D eigenvalue weighted by atomic mass is 14.6. The molecule has 0 N–H and O–H groups in total. The molecule has 1 heteroatoms. The number of benzene rings is 1.